The van der Waals surface area contributed by atoms with E-state index in [1.807, 2.05) is 24.3 Å². The molecule has 5 heteroatoms. The van der Waals surface area contributed by atoms with Gasteiger partial charge < -0.3 is 11.1 Å². The summed E-state index contributed by atoms with van der Waals surface area (Å²) in [6.45, 7) is 2.26. The lowest BCUT2D eigenvalue weighted by Gasteiger charge is -2.28. The SMILES string of the molecule is CNC(=O)C1=C(N)CCN(Cc2ccc(Cl)cc2)C1. The van der Waals surface area contributed by atoms with Crippen molar-refractivity contribution in [2.45, 2.75) is 13.0 Å². The summed E-state index contributed by atoms with van der Waals surface area (Å²) < 4.78 is 0. The van der Waals surface area contributed by atoms with Crippen LogP contribution in [0.2, 0.25) is 5.02 Å². The molecule has 1 aliphatic rings. The molecule has 0 fully saturated rings. The maximum absolute atomic E-state index is 11.7. The van der Waals surface area contributed by atoms with Crippen LogP contribution < -0.4 is 11.1 Å². The minimum absolute atomic E-state index is 0.0849. The Labute approximate surface area is 118 Å². The van der Waals surface area contributed by atoms with E-state index in [-0.39, 0.29) is 5.91 Å². The molecule has 0 atom stereocenters. The lowest BCUT2D eigenvalue weighted by atomic mass is 10.0. The van der Waals surface area contributed by atoms with Crippen LogP contribution in [0.5, 0.6) is 0 Å². The smallest absolute Gasteiger partial charge is 0.250 e. The lowest BCUT2D eigenvalue weighted by molar-refractivity contribution is -0.117. The number of nitrogens with one attached hydrogen (secondary N) is 1. The fourth-order valence-electron chi connectivity index (χ4n) is 2.19. The molecule has 1 aliphatic heterocycles. The third-order valence-electron chi connectivity index (χ3n) is 3.29. The number of benzene rings is 1. The fraction of sp³-hybridized carbons (Fsp3) is 0.357. The van der Waals surface area contributed by atoms with Crippen molar-refractivity contribution in [3.63, 3.8) is 0 Å². The van der Waals surface area contributed by atoms with Crippen LogP contribution in [-0.2, 0) is 11.3 Å². The highest BCUT2D eigenvalue weighted by molar-refractivity contribution is 6.30. The monoisotopic (exact) mass is 279 g/mol. The van der Waals surface area contributed by atoms with Gasteiger partial charge in [-0.15, -0.1) is 0 Å². The average Bonchev–Trinajstić information content (AvgIpc) is 2.42. The second-order valence-electron chi connectivity index (χ2n) is 4.67. The van der Waals surface area contributed by atoms with Gasteiger partial charge in [0.15, 0.2) is 0 Å². The highest BCUT2D eigenvalue weighted by Crippen LogP contribution is 2.18. The van der Waals surface area contributed by atoms with Gasteiger partial charge >= 0.3 is 0 Å². The molecule has 0 spiro atoms. The Hall–Kier alpha value is -1.52. The van der Waals surface area contributed by atoms with Gasteiger partial charge in [-0.05, 0) is 17.7 Å². The van der Waals surface area contributed by atoms with Crippen LogP contribution in [0.4, 0.5) is 0 Å². The second kappa shape index (κ2) is 6.08. The number of halogens is 1. The van der Waals surface area contributed by atoms with E-state index in [1.165, 1.54) is 5.56 Å². The number of likely N-dealkylation sites (N-methyl/N-ethyl adjacent to an activating group) is 1. The summed E-state index contributed by atoms with van der Waals surface area (Å²) in [6, 6.07) is 7.77. The zero-order valence-electron chi connectivity index (χ0n) is 10.9. The molecule has 19 heavy (non-hydrogen) atoms. The first-order valence-corrected chi connectivity index (χ1v) is 6.64. The van der Waals surface area contributed by atoms with Gasteiger partial charge in [0.05, 0.1) is 0 Å². The largest absolute Gasteiger partial charge is 0.402 e. The molecule has 2 rings (SSSR count). The summed E-state index contributed by atoms with van der Waals surface area (Å²) in [5, 5.41) is 3.37. The van der Waals surface area contributed by atoms with Crippen LogP contribution in [0.25, 0.3) is 0 Å². The molecule has 4 nitrogen and oxygen atoms in total. The van der Waals surface area contributed by atoms with Crippen LogP contribution in [-0.4, -0.2) is 30.9 Å². The van der Waals surface area contributed by atoms with Crippen LogP contribution >= 0.6 is 11.6 Å². The first-order valence-electron chi connectivity index (χ1n) is 6.26. The Morgan fingerprint density at radius 1 is 1.42 bits per heavy atom. The van der Waals surface area contributed by atoms with E-state index >= 15 is 0 Å². The molecule has 102 valence electrons. The molecule has 1 heterocycles. The number of hydrogen-bond acceptors (Lipinski definition) is 3. The molecule has 0 saturated carbocycles. The highest BCUT2D eigenvalue weighted by Gasteiger charge is 2.21. The Morgan fingerprint density at radius 2 is 2.11 bits per heavy atom. The van der Waals surface area contributed by atoms with Crippen LogP contribution in [0.15, 0.2) is 35.5 Å². The van der Waals surface area contributed by atoms with Crippen molar-refractivity contribution in [1.29, 1.82) is 0 Å². The lowest BCUT2D eigenvalue weighted by Crippen LogP contribution is -2.38. The third-order valence-corrected chi connectivity index (χ3v) is 3.54. The minimum atomic E-state index is -0.0849. The summed E-state index contributed by atoms with van der Waals surface area (Å²) in [7, 11) is 1.63. The van der Waals surface area contributed by atoms with Crippen molar-refractivity contribution in [3.05, 3.63) is 46.1 Å². The van der Waals surface area contributed by atoms with Gasteiger partial charge in [-0.2, -0.15) is 0 Å². The number of carbonyl (C=O) groups is 1. The summed E-state index contributed by atoms with van der Waals surface area (Å²) in [6.07, 6.45) is 0.732. The van der Waals surface area contributed by atoms with E-state index < -0.39 is 0 Å². The van der Waals surface area contributed by atoms with E-state index in [0.29, 0.717) is 17.8 Å². The highest BCUT2D eigenvalue weighted by atomic mass is 35.5. The van der Waals surface area contributed by atoms with Gasteiger partial charge in [0, 0.05) is 49.4 Å². The maximum atomic E-state index is 11.7. The predicted molar refractivity (Wildman–Crippen MR) is 76.6 cm³/mol. The van der Waals surface area contributed by atoms with Crippen LogP contribution in [0, 0.1) is 0 Å². The number of amides is 1. The summed E-state index contributed by atoms with van der Waals surface area (Å²) in [5.74, 6) is -0.0849. The summed E-state index contributed by atoms with van der Waals surface area (Å²) in [5.41, 5.74) is 8.47. The molecule has 0 saturated heterocycles. The molecule has 0 aliphatic carbocycles. The van der Waals surface area contributed by atoms with E-state index in [2.05, 4.69) is 10.2 Å². The molecule has 0 unspecified atom stereocenters. The molecule has 1 amide bonds. The molecular weight excluding hydrogens is 262 g/mol. The first-order chi connectivity index (χ1) is 9.10. The number of nitrogens with zero attached hydrogens (tertiary/aromatic N) is 1. The van der Waals surface area contributed by atoms with E-state index in [0.717, 1.165) is 24.5 Å². The van der Waals surface area contributed by atoms with Crippen molar-refractivity contribution >= 4 is 17.5 Å². The molecule has 1 aromatic carbocycles. The number of hydrogen-bond donors (Lipinski definition) is 2. The van der Waals surface area contributed by atoms with Crippen molar-refractivity contribution in [1.82, 2.24) is 10.2 Å². The summed E-state index contributed by atoms with van der Waals surface area (Å²) in [4.78, 5) is 13.9. The van der Waals surface area contributed by atoms with E-state index in [9.17, 15) is 4.79 Å². The third kappa shape index (κ3) is 3.49. The van der Waals surface area contributed by atoms with Gasteiger partial charge in [-0.3, -0.25) is 9.69 Å². The van der Waals surface area contributed by atoms with Gasteiger partial charge in [-0.25, -0.2) is 0 Å². The Kier molecular flexibility index (Phi) is 4.45. The summed E-state index contributed by atoms with van der Waals surface area (Å²) >= 11 is 5.87. The maximum Gasteiger partial charge on any atom is 0.250 e. The van der Waals surface area contributed by atoms with Crippen molar-refractivity contribution < 1.29 is 4.79 Å². The molecule has 0 radical (unpaired) electrons. The van der Waals surface area contributed by atoms with Gasteiger partial charge in [0.2, 0.25) is 5.91 Å². The van der Waals surface area contributed by atoms with Crippen molar-refractivity contribution in [2.24, 2.45) is 5.73 Å². The number of rotatable bonds is 3. The van der Waals surface area contributed by atoms with Crippen molar-refractivity contribution in [2.75, 3.05) is 20.1 Å². The number of carbonyl (C=O) groups excluding carboxylic acids is 1. The van der Waals surface area contributed by atoms with Crippen LogP contribution in [0.3, 0.4) is 0 Å². The molecule has 1 aromatic rings. The molecule has 0 aromatic heterocycles. The van der Waals surface area contributed by atoms with Gasteiger partial charge in [0.25, 0.3) is 0 Å². The number of nitrogens with two attached hydrogens (primary N) is 1. The van der Waals surface area contributed by atoms with Crippen molar-refractivity contribution in [3.8, 4) is 0 Å². The Morgan fingerprint density at radius 3 is 2.74 bits per heavy atom. The van der Waals surface area contributed by atoms with Gasteiger partial charge in [0.1, 0.15) is 0 Å². The topological polar surface area (TPSA) is 58.4 Å². The second-order valence-corrected chi connectivity index (χ2v) is 5.11. The van der Waals surface area contributed by atoms with Crippen LogP contribution in [0.1, 0.15) is 12.0 Å². The zero-order chi connectivity index (χ0) is 13.8. The zero-order valence-corrected chi connectivity index (χ0v) is 11.7. The first kappa shape index (κ1) is 13.9. The Balaban J connectivity index is 2.04. The Bertz CT molecular complexity index is 496. The normalized spacial score (nSPS) is 16.5. The van der Waals surface area contributed by atoms with E-state index in [4.69, 9.17) is 17.3 Å². The predicted octanol–water partition coefficient (Wildman–Crippen LogP) is 1.50. The molecule has 3 N–H and O–H groups in total. The minimum Gasteiger partial charge on any atom is -0.402 e. The molecule has 0 bridgehead atoms. The van der Waals surface area contributed by atoms with Gasteiger partial charge in [-0.1, -0.05) is 23.7 Å². The van der Waals surface area contributed by atoms with E-state index in [1.54, 1.807) is 7.05 Å². The molecular formula is C14H18ClN3O. The fourth-order valence-corrected chi connectivity index (χ4v) is 2.31. The quantitative estimate of drug-likeness (QED) is 0.882. The average molecular weight is 280 g/mol. The standard InChI is InChI=1S/C14H18ClN3O/c1-17-14(19)12-9-18(7-6-13(12)16)8-10-2-4-11(15)5-3-10/h2-5H,6-9,16H2,1H3,(H,17,19).